The number of aliphatic hydroxyl groups excluding tert-OH is 1. The van der Waals surface area contributed by atoms with Gasteiger partial charge in [0.25, 0.3) is 5.91 Å². The second-order valence-corrected chi connectivity index (χ2v) is 13.7. The minimum atomic E-state index is -1.75. The van der Waals surface area contributed by atoms with Crippen LogP contribution in [-0.2, 0) is 44.2 Å². The van der Waals surface area contributed by atoms with Gasteiger partial charge in [-0.15, -0.1) is 0 Å². The first-order valence-electron chi connectivity index (χ1n) is 16.2. The summed E-state index contributed by atoms with van der Waals surface area (Å²) < 4.78 is 23.0. The van der Waals surface area contributed by atoms with Crippen molar-refractivity contribution in [1.82, 2.24) is 4.90 Å². The molecule has 0 unspecified atom stereocenters. The number of amides is 3. The molecular formula is C37H40FN3O5. The minimum absolute atomic E-state index is 0.0754. The van der Waals surface area contributed by atoms with Crippen molar-refractivity contribution in [2.45, 2.75) is 76.5 Å². The van der Waals surface area contributed by atoms with Gasteiger partial charge in [0.1, 0.15) is 5.67 Å². The monoisotopic (exact) mass is 625 g/mol. The fourth-order valence-corrected chi connectivity index (χ4v) is 8.28. The third kappa shape index (κ3) is 4.83. The van der Waals surface area contributed by atoms with Crippen molar-refractivity contribution < 1.29 is 28.6 Å². The molecule has 3 aromatic carbocycles. The lowest BCUT2D eigenvalue weighted by molar-refractivity contribution is -0.151. The zero-order valence-electron chi connectivity index (χ0n) is 26.5. The van der Waals surface area contributed by atoms with Crippen molar-refractivity contribution in [3.8, 4) is 0 Å². The van der Waals surface area contributed by atoms with Crippen molar-refractivity contribution in [2.75, 3.05) is 23.0 Å². The van der Waals surface area contributed by atoms with Gasteiger partial charge in [-0.1, -0.05) is 61.5 Å². The van der Waals surface area contributed by atoms with E-state index >= 15 is 4.39 Å². The van der Waals surface area contributed by atoms with E-state index in [9.17, 15) is 19.5 Å². The molecule has 7 rings (SSSR count). The van der Waals surface area contributed by atoms with Crippen molar-refractivity contribution in [3.63, 3.8) is 0 Å². The maximum atomic E-state index is 16.2. The molecule has 9 heteroatoms. The molecule has 1 N–H and O–H groups in total. The molecule has 2 saturated heterocycles. The molecule has 5 atom stereocenters. The van der Waals surface area contributed by atoms with E-state index in [0.29, 0.717) is 37.2 Å². The Kier molecular flexibility index (Phi) is 7.52. The highest BCUT2D eigenvalue weighted by atomic mass is 19.1. The van der Waals surface area contributed by atoms with Gasteiger partial charge in [-0.3, -0.25) is 14.4 Å². The zero-order chi connectivity index (χ0) is 32.4. The third-order valence-electron chi connectivity index (χ3n) is 10.5. The number of para-hydroxylation sites is 1. The zero-order valence-corrected chi connectivity index (χ0v) is 26.5. The lowest BCUT2D eigenvalue weighted by Gasteiger charge is -2.37. The van der Waals surface area contributed by atoms with E-state index in [1.807, 2.05) is 79.7 Å². The number of carbonyl (C=O) groups excluding carboxylic acids is 3. The topological polar surface area (TPSA) is 90.4 Å². The number of anilines is 2. The summed E-state index contributed by atoms with van der Waals surface area (Å²) in [7, 11) is 0. The van der Waals surface area contributed by atoms with Crippen LogP contribution in [0.15, 0.2) is 72.8 Å². The predicted molar refractivity (Wildman–Crippen MR) is 172 cm³/mol. The molecule has 240 valence electrons. The van der Waals surface area contributed by atoms with Gasteiger partial charge in [0.15, 0.2) is 5.60 Å². The molecule has 1 spiro atoms. The summed E-state index contributed by atoms with van der Waals surface area (Å²) in [5, 5.41) is 10.2. The van der Waals surface area contributed by atoms with Crippen LogP contribution in [0.2, 0.25) is 0 Å². The van der Waals surface area contributed by atoms with E-state index < -0.39 is 35.3 Å². The van der Waals surface area contributed by atoms with Crippen LogP contribution in [0.1, 0.15) is 55.9 Å². The van der Waals surface area contributed by atoms with Gasteiger partial charge in [0.2, 0.25) is 11.8 Å². The number of hydrogen-bond donors (Lipinski definition) is 1. The molecule has 0 aliphatic carbocycles. The van der Waals surface area contributed by atoms with Crippen LogP contribution in [0.5, 0.6) is 0 Å². The SMILES string of the molecule is C[C@@H]1[C@@H](C(C)(C)F)[C@H](CC(=O)N2Cc3ccccc3C[C@H]2CO)O[C@@]12C(=O)N(Cc1cccc(N3CCC3=O)c1)c1ccccc12. The Morgan fingerprint density at radius 2 is 1.78 bits per heavy atom. The predicted octanol–water partition coefficient (Wildman–Crippen LogP) is 4.90. The summed E-state index contributed by atoms with van der Waals surface area (Å²) in [6.45, 7) is 5.94. The van der Waals surface area contributed by atoms with Gasteiger partial charge in [-0.25, -0.2) is 4.39 Å². The summed E-state index contributed by atoms with van der Waals surface area (Å²) in [5.74, 6) is -1.77. The molecule has 0 aromatic heterocycles. The quantitative estimate of drug-likeness (QED) is 0.378. The fraction of sp³-hybridized carbons (Fsp3) is 0.432. The summed E-state index contributed by atoms with van der Waals surface area (Å²) in [6.07, 6.45) is 0.0960. The van der Waals surface area contributed by atoms with Crippen LogP contribution in [0.3, 0.4) is 0 Å². The summed E-state index contributed by atoms with van der Waals surface area (Å²) in [6, 6.07) is 22.6. The Labute approximate surface area is 268 Å². The molecular weight excluding hydrogens is 585 g/mol. The molecule has 0 radical (unpaired) electrons. The van der Waals surface area contributed by atoms with E-state index in [1.165, 1.54) is 13.8 Å². The number of aliphatic hydroxyl groups is 1. The molecule has 2 fully saturated rings. The van der Waals surface area contributed by atoms with Crippen LogP contribution in [-0.4, -0.2) is 58.7 Å². The number of carbonyl (C=O) groups is 3. The van der Waals surface area contributed by atoms with Gasteiger partial charge in [0, 0.05) is 42.6 Å². The number of nitrogens with zero attached hydrogens (tertiary/aromatic N) is 3. The smallest absolute Gasteiger partial charge is 0.264 e. The number of hydrogen-bond acceptors (Lipinski definition) is 5. The van der Waals surface area contributed by atoms with Gasteiger partial charge in [0.05, 0.1) is 37.4 Å². The number of β-lactam (4-membered cyclic amide) rings is 1. The Bertz CT molecular complexity index is 1700. The van der Waals surface area contributed by atoms with Crippen LogP contribution in [0.4, 0.5) is 15.8 Å². The lowest BCUT2D eigenvalue weighted by Crippen LogP contribution is -2.48. The van der Waals surface area contributed by atoms with Crippen molar-refractivity contribution in [2.24, 2.45) is 11.8 Å². The van der Waals surface area contributed by atoms with Gasteiger partial charge >= 0.3 is 0 Å². The van der Waals surface area contributed by atoms with Crippen LogP contribution >= 0.6 is 0 Å². The van der Waals surface area contributed by atoms with E-state index in [4.69, 9.17) is 4.74 Å². The summed E-state index contributed by atoms with van der Waals surface area (Å²) in [5.41, 5.74) is 1.94. The second kappa shape index (κ2) is 11.3. The Hall–Kier alpha value is -4.08. The molecule has 4 heterocycles. The third-order valence-corrected chi connectivity index (χ3v) is 10.5. The number of alkyl halides is 1. The normalized spacial score (nSPS) is 27.2. The number of benzene rings is 3. The number of rotatable bonds is 7. The summed E-state index contributed by atoms with van der Waals surface area (Å²) >= 11 is 0. The summed E-state index contributed by atoms with van der Waals surface area (Å²) in [4.78, 5) is 45.8. The van der Waals surface area contributed by atoms with Crippen LogP contribution in [0, 0.1) is 11.8 Å². The fourth-order valence-electron chi connectivity index (χ4n) is 8.28. The van der Waals surface area contributed by atoms with Crippen LogP contribution < -0.4 is 9.80 Å². The van der Waals surface area contributed by atoms with E-state index in [-0.39, 0.29) is 37.3 Å². The highest BCUT2D eigenvalue weighted by molar-refractivity contribution is 6.07. The average molecular weight is 626 g/mol. The Morgan fingerprint density at radius 3 is 2.48 bits per heavy atom. The highest BCUT2D eigenvalue weighted by Crippen LogP contribution is 2.58. The standard InChI is InChI=1S/C37H40FN3O5/c1-23-34(36(2,3)38)31(19-33(44)40-21-26-11-5-4-10-25(26)18-28(40)22-42)46-37(23)29-13-6-7-14-30(29)41(35(37)45)20-24-9-8-12-27(17-24)39-16-15-32(39)43/h4-14,17,23,28,31,34,42H,15-16,18-22H2,1-3H3/t23-,28+,31+,34-,37+/m1/s1. The number of halogens is 1. The van der Waals surface area contributed by atoms with Gasteiger partial charge in [-0.05, 0) is 55.2 Å². The molecule has 0 bridgehead atoms. The van der Waals surface area contributed by atoms with Gasteiger partial charge < -0.3 is 24.5 Å². The minimum Gasteiger partial charge on any atom is -0.394 e. The second-order valence-electron chi connectivity index (χ2n) is 13.7. The Morgan fingerprint density at radius 1 is 1.04 bits per heavy atom. The average Bonchev–Trinajstić information content (AvgIpc) is 3.46. The number of ether oxygens (including phenoxy) is 1. The Balaban J connectivity index is 1.20. The highest BCUT2D eigenvalue weighted by Gasteiger charge is 2.66. The first kappa shape index (κ1) is 30.6. The number of fused-ring (bicyclic) bond motifs is 3. The van der Waals surface area contributed by atoms with Crippen molar-refractivity contribution in [3.05, 3.63) is 95.1 Å². The van der Waals surface area contributed by atoms with Crippen LogP contribution in [0.25, 0.3) is 0 Å². The molecule has 3 aromatic rings. The van der Waals surface area contributed by atoms with Gasteiger partial charge in [-0.2, -0.15) is 0 Å². The maximum absolute atomic E-state index is 16.2. The van der Waals surface area contributed by atoms with E-state index in [1.54, 1.807) is 14.7 Å². The largest absolute Gasteiger partial charge is 0.394 e. The molecule has 0 saturated carbocycles. The van der Waals surface area contributed by atoms with E-state index in [0.717, 1.165) is 22.4 Å². The molecule has 8 nitrogen and oxygen atoms in total. The molecule has 4 aliphatic heterocycles. The molecule has 4 aliphatic rings. The molecule has 3 amide bonds. The molecule has 46 heavy (non-hydrogen) atoms. The van der Waals surface area contributed by atoms with E-state index in [2.05, 4.69) is 0 Å². The van der Waals surface area contributed by atoms with Crippen molar-refractivity contribution >= 4 is 29.1 Å². The first-order valence-corrected chi connectivity index (χ1v) is 16.2. The first-order chi connectivity index (χ1) is 22.0. The van der Waals surface area contributed by atoms with Crippen molar-refractivity contribution in [1.29, 1.82) is 0 Å². The maximum Gasteiger partial charge on any atom is 0.264 e. The lowest BCUT2D eigenvalue weighted by atomic mass is 9.71.